The first-order chi connectivity index (χ1) is 9.14. The Balaban J connectivity index is 2.25. The molecule has 106 valence electrons. The fourth-order valence-corrected chi connectivity index (χ4v) is 2.12. The van der Waals surface area contributed by atoms with Crippen molar-refractivity contribution in [1.82, 2.24) is 9.78 Å². The molecule has 1 atom stereocenters. The fraction of sp³-hybridized carbons (Fsp3) is 0.727. The van der Waals surface area contributed by atoms with E-state index in [1.807, 2.05) is 0 Å². The maximum Gasteiger partial charge on any atom is 0.295 e. The van der Waals surface area contributed by atoms with E-state index in [1.165, 1.54) is 17.1 Å². The van der Waals surface area contributed by atoms with Crippen LogP contribution in [0.15, 0.2) is 12.4 Å². The predicted molar refractivity (Wildman–Crippen MR) is 63.9 cm³/mol. The molecule has 0 radical (unpaired) electrons. The molecule has 2 heterocycles. The van der Waals surface area contributed by atoms with Crippen molar-refractivity contribution in [2.24, 2.45) is 0 Å². The molecule has 0 amide bonds. The minimum atomic E-state index is -1.91. The van der Waals surface area contributed by atoms with E-state index in [1.54, 1.807) is 0 Å². The third-order valence-corrected chi connectivity index (χ3v) is 3.46. The molecule has 0 unspecified atom stereocenters. The molecule has 1 saturated heterocycles. The fourth-order valence-electron chi connectivity index (χ4n) is 2.12. The number of aliphatic hydroxyl groups is 2. The van der Waals surface area contributed by atoms with Gasteiger partial charge in [-0.1, -0.05) is 0 Å². The molecule has 1 aromatic rings. The molecule has 1 aliphatic heterocycles. The second kappa shape index (κ2) is 5.64. The van der Waals surface area contributed by atoms with Crippen molar-refractivity contribution < 1.29 is 19.9 Å². The molecule has 0 aromatic carbocycles. The lowest BCUT2D eigenvalue weighted by Gasteiger charge is -2.23. The largest absolute Gasteiger partial charge is 0.388 e. The van der Waals surface area contributed by atoms with Crippen LogP contribution in [0.1, 0.15) is 31.1 Å². The van der Waals surface area contributed by atoms with E-state index < -0.39 is 23.7 Å². The van der Waals surface area contributed by atoms with Crippen LogP contribution < -0.4 is 0 Å². The molecule has 8 nitrogen and oxygen atoms in total. The van der Waals surface area contributed by atoms with Gasteiger partial charge in [0.15, 0.2) is 0 Å². The van der Waals surface area contributed by atoms with Gasteiger partial charge >= 0.3 is 0 Å². The lowest BCUT2D eigenvalue weighted by Crippen LogP contribution is -2.42. The van der Waals surface area contributed by atoms with Gasteiger partial charge in [-0.25, -0.2) is 4.68 Å². The van der Waals surface area contributed by atoms with Crippen LogP contribution in [0, 0.1) is 10.1 Å². The highest BCUT2D eigenvalue weighted by Gasteiger charge is 2.45. The first-order valence-corrected chi connectivity index (χ1v) is 6.16. The zero-order chi connectivity index (χ0) is 13.9. The summed E-state index contributed by atoms with van der Waals surface area (Å²) in [4.78, 5) is 10.4. The quantitative estimate of drug-likeness (QED) is 0.577. The molecule has 0 saturated carbocycles. The van der Waals surface area contributed by atoms with E-state index in [9.17, 15) is 20.3 Å². The van der Waals surface area contributed by atoms with Gasteiger partial charge in [0.25, 0.3) is 5.54 Å². The molecule has 2 N–H and O–H groups in total. The topological polar surface area (TPSA) is 111 Å². The lowest BCUT2D eigenvalue weighted by atomic mass is 9.96. The number of aliphatic hydroxyl groups excluding tert-OH is 2. The van der Waals surface area contributed by atoms with Gasteiger partial charge in [0.2, 0.25) is 0 Å². The van der Waals surface area contributed by atoms with Crippen LogP contribution >= 0.6 is 0 Å². The third kappa shape index (κ3) is 2.46. The van der Waals surface area contributed by atoms with Gasteiger partial charge in [-0.2, -0.15) is 5.10 Å². The van der Waals surface area contributed by atoms with Crippen LogP contribution in [-0.2, 0) is 10.3 Å². The van der Waals surface area contributed by atoms with Gasteiger partial charge in [-0.3, -0.25) is 10.1 Å². The van der Waals surface area contributed by atoms with Crippen molar-refractivity contribution in [3.8, 4) is 0 Å². The average Bonchev–Trinajstić information content (AvgIpc) is 2.92. The Morgan fingerprint density at radius 1 is 1.53 bits per heavy atom. The van der Waals surface area contributed by atoms with Gasteiger partial charge in [-0.05, 0) is 19.3 Å². The van der Waals surface area contributed by atoms with Crippen molar-refractivity contribution in [3.63, 3.8) is 0 Å². The van der Waals surface area contributed by atoms with Crippen molar-refractivity contribution in [3.05, 3.63) is 28.1 Å². The summed E-state index contributed by atoms with van der Waals surface area (Å²) in [6.07, 6.45) is 5.34. The molecule has 2 rings (SSSR count). The molecule has 1 aromatic heterocycles. The Bertz CT molecular complexity index is 437. The van der Waals surface area contributed by atoms with Crippen LogP contribution in [-0.4, -0.2) is 44.7 Å². The second-order valence-electron chi connectivity index (χ2n) is 4.64. The van der Waals surface area contributed by atoms with Gasteiger partial charge < -0.3 is 14.9 Å². The number of rotatable bonds is 5. The molecule has 1 aliphatic rings. The van der Waals surface area contributed by atoms with Crippen LogP contribution in [0.5, 0.6) is 0 Å². The molecule has 0 spiro atoms. The normalized spacial score (nSPS) is 20.4. The highest BCUT2D eigenvalue weighted by Crippen LogP contribution is 2.27. The number of hydrogen-bond donors (Lipinski definition) is 2. The summed E-state index contributed by atoms with van der Waals surface area (Å²) >= 11 is 0. The van der Waals surface area contributed by atoms with Crippen LogP contribution in [0.3, 0.4) is 0 Å². The van der Waals surface area contributed by atoms with Crippen molar-refractivity contribution in [2.75, 3.05) is 19.8 Å². The van der Waals surface area contributed by atoms with E-state index in [2.05, 4.69) is 5.10 Å². The standard InChI is InChI=1S/C11H17N3O5/c15-7-11(8-16,14(17)18)9-5-12-13(6-9)10-3-1-2-4-19-10/h5-6,10,15-16H,1-4,7-8H2/t10-/m0/s1. The zero-order valence-electron chi connectivity index (χ0n) is 10.4. The van der Waals surface area contributed by atoms with Crippen LogP contribution in [0.2, 0.25) is 0 Å². The summed E-state index contributed by atoms with van der Waals surface area (Å²) in [5.74, 6) is 0. The SMILES string of the molecule is O=[N+]([O-])C(CO)(CO)c1cnn([C@@H]2CCCCO2)c1. The maximum atomic E-state index is 11.1. The molecule has 1 fully saturated rings. The number of ether oxygens (including phenoxy) is 1. The lowest BCUT2D eigenvalue weighted by molar-refractivity contribution is -0.586. The van der Waals surface area contributed by atoms with Gasteiger partial charge in [0, 0.05) is 17.7 Å². The summed E-state index contributed by atoms with van der Waals surface area (Å²) in [6.45, 7) is -0.929. The highest BCUT2D eigenvalue weighted by atomic mass is 16.6. The van der Waals surface area contributed by atoms with E-state index in [-0.39, 0.29) is 11.8 Å². The summed E-state index contributed by atoms with van der Waals surface area (Å²) in [6, 6.07) is 0. The maximum absolute atomic E-state index is 11.1. The first-order valence-electron chi connectivity index (χ1n) is 6.16. The zero-order valence-corrected chi connectivity index (χ0v) is 10.4. The van der Waals surface area contributed by atoms with E-state index in [0.717, 1.165) is 19.3 Å². The Labute approximate surface area is 109 Å². The first kappa shape index (κ1) is 13.9. The Kier molecular flexibility index (Phi) is 4.13. The molecule has 0 bridgehead atoms. The number of aromatic nitrogens is 2. The number of nitrogens with zero attached hydrogens (tertiary/aromatic N) is 3. The van der Waals surface area contributed by atoms with Gasteiger partial charge in [0.1, 0.15) is 19.4 Å². The smallest absolute Gasteiger partial charge is 0.295 e. The summed E-state index contributed by atoms with van der Waals surface area (Å²) in [7, 11) is 0. The molecular weight excluding hydrogens is 254 g/mol. The predicted octanol–water partition coefficient (Wildman–Crippen LogP) is 0.0388. The second-order valence-corrected chi connectivity index (χ2v) is 4.64. The Hall–Kier alpha value is -1.51. The number of nitro groups is 1. The minimum Gasteiger partial charge on any atom is -0.388 e. The minimum absolute atomic E-state index is 0.177. The van der Waals surface area contributed by atoms with Gasteiger partial charge in [0.05, 0.1) is 11.8 Å². The van der Waals surface area contributed by atoms with E-state index in [4.69, 9.17) is 4.74 Å². The Morgan fingerprint density at radius 2 is 2.26 bits per heavy atom. The Morgan fingerprint density at radius 3 is 2.79 bits per heavy atom. The molecule has 19 heavy (non-hydrogen) atoms. The van der Waals surface area contributed by atoms with Crippen molar-refractivity contribution in [1.29, 1.82) is 0 Å². The summed E-state index contributed by atoms with van der Waals surface area (Å²) in [5.41, 5.74) is -1.73. The summed E-state index contributed by atoms with van der Waals surface area (Å²) in [5, 5.41) is 33.6. The van der Waals surface area contributed by atoms with Gasteiger partial charge in [-0.15, -0.1) is 0 Å². The van der Waals surface area contributed by atoms with Crippen LogP contribution in [0.25, 0.3) is 0 Å². The number of hydrogen-bond acceptors (Lipinski definition) is 6. The van der Waals surface area contributed by atoms with E-state index >= 15 is 0 Å². The van der Waals surface area contributed by atoms with Crippen molar-refractivity contribution in [2.45, 2.75) is 31.0 Å². The third-order valence-electron chi connectivity index (χ3n) is 3.46. The average molecular weight is 271 g/mol. The van der Waals surface area contributed by atoms with Crippen LogP contribution in [0.4, 0.5) is 0 Å². The van der Waals surface area contributed by atoms with Crippen molar-refractivity contribution >= 4 is 0 Å². The monoisotopic (exact) mass is 271 g/mol. The molecule has 8 heteroatoms. The highest BCUT2D eigenvalue weighted by molar-refractivity contribution is 5.16. The van der Waals surface area contributed by atoms with E-state index in [0.29, 0.717) is 6.61 Å². The molecular formula is C11H17N3O5. The summed E-state index contributed by atoms with van der Waals surface area (Å²) < 4.78 is 7.04. The molecule has 0 aliphatic carbocycles.